The lowest BCUT2D eigenvalue weighted by molar-refractivity contribution is -0.132. The number of hydrogen-bond acceptors (Lipinski definition) is 2. The molecule has 1 unspecified atom stereocenters. The van der Waals surface area contributed by atoms with Crippen molar-refractivity contribution in [3.63, 3.8) is 0 Å². The highest BCUT2D eigenvalue weighted by Crippen LogP contribution is 2.34. The first-order valence-corrected chi connectivity index (χ1v) is 5.69. The molecule has 2 nitrogen and oxygen atoms in total. The number of hydrogen-bond donors (Lipinski definition) is 0. The SMILES string of the molecule is Cc1cccc2c1OC(C(=O)C(C)(C)C)C2. The molecule has 2 rings (SSSR count). The quantitative estimate of drug-likeness (QED) is 0.724. The van der Waals surface area contributed by atoms with Crippen LogP contribution < -0.4 is 4.74 Å². The van der Waals surface area contributed by atoms with Gasteiger partial charge in [0.15, 0.2) is 11.9 Å². The fourth-order valence-electron chi connectivity index (χ4n) is 2.06. The third-order valence-corrected chi connectivity index (χ3v) is 2.99. The summed E-state index contributed by atoms with van der Waals surface area (Å²) in [5, 5.41) is 0. The third kappa shape index (κ3) is 1.84. The molecule has 0 fully saturated rings. The summed E-state index contributed by atoms with van der Waals surface area (Å²) in [4.78, 5) is 12.1. The summed E-state index contributed by atoms with van der Waals surface area (Å²) in [5.74, 6) is 1.09. The smallest absolute Gasteiger partial charge is 0.178 e. The van der Waals surface area contributed by atoms with Crippen molar-refractivity contribution in [3.05, 3.63) is 29.3 Å². The molecule has 1 aliphatic rings. The number of fused-ring (bicyclic) bond motifs is 1. The lowest BCUT2D eigenvalue weighted by atomic mass is 9.86. The van der Waals surface area contributed by atoms with Gasteiger partial charge < -0.3 is 4.74 Å². The number of rotatable bonds is 1. The second-order valence-electron chi connectivity index (χ2n) is 5.49. The number of para-hydroxylation sites is 1. The molecule has 0 radical (unpaired) electrons. The monoisotopic (exact) mass is 218 g/mol. The Morgan fingerprint density at radius 2 is 2.06 bits per heavy atom. The molecule has 0 saturated heterocycles. The predicted octanol–water partition coefficient (Wildman–Crippen LogP) is 2.91. The molecule has 86 valence electrons. The maximum Gasteiger partial charge on any atom is 0.178 e. The maximum atomic E-state index is 12.1. The van der Waals surface area contributed by atoms with E-state index >= 15 is 0 Å². The average molecular weight is 218 g/mol. The van der Waals surface area contributed by atoms with Crippen molar-refractivity contribution in [2.75, 3.05) is 0 Å². The van der Waals surface area contributed by atoms with E-state index < -0.39 is 0 Å². The van der Waals surface area contributed by atoms with E-state index in [1.165, 1.54) is 0 Å². The summed E-state index contributed by atoms with van der Waals surface area (Å²) in [5.41, 5.74) is 1.94. The van der Waals surface area contributed by atoms with Crippen LogP contribution in [0.3, 0.4) is 0 Å². The number of ketones is 1. The predicted molar refractivity (Wildman–Crippen MR) is 63.8 cm³/mol. The molecule has 0 aliphatic carbocycles. The van der Waals surface area contributed by atoms with Crippen LogP contribution in [0, 0.1) is 12.3 Å². The van der Waals surface area contributed by atoms with E-state index in [-0.39, 0.29) is 17.3 Å². The van der Waals surface area contributed by atoms with Crippen molar-refractivity contribution in [1.82, 2.24) is 0 Å². The zero-order chi connectivity index (χ0) is 11.9. The van der Waals surface area contributed by atoms with Gasteiger partial charge in [-0.05, 0) is 18.1 Å². The average Bonchev–Trinajstić information content (AvgIpc) is 2.60. The number of carbonyl (C=O) groups is 1. The van der Waals surface area contributed by atoms with Gasteiger partial charge in [-0.3, -0.25) is 4.79 Å². The Kier molecular flexibility index (Phi) is 2.53. The number of benzene rings is 1. The number of Topliss-reactive ketones (excluding diaryl/α,β-unsaturated/α-hetero) is 1. The standard InChI is InChI=1S/C14H18O2/c1-9-6-5-7-10-8-11(16-12(9)10)13(15)14(2,3)4/h5-7,11H,8H2,1-4H3. The minimum atomic E-state index is -0.333. The minimum Gasteiger partial charge on any atom is -0.482 e. The summed E-state index contributed by atoms with van der Waals surface area (Å²) in [6.07, 6.45) is 0.420. The van der Waals surface area contributed by atoms with Crippen molar-refractivity contribution in [3.8, 4) is 5.75 Å². The van der Waals surface area contributed by atoms with Gasteiger partial charge in [-0.25, -0.2) is 0 Å². The van der Waals surface area contributed by atoms with Gasteiger partial charge in [0.05, 0.1) is 0 Å². The number of carbonyl (C=O) groups excluding carboxylic acids is 1. The van der Waals surface area contributed by atoms with Crippen LogP contribution in [-0.4, -0.2) is 11.9 Å². The molecule has 0 spiro atoms. The van der Waals surface area contributed by atoms with E-state index in [4.69, 9.17) is 4.74 Å². The first-order valence-electron chi connectivity index (χ1n) is 5.69. The van der Waals surface area contributed by atoms with Gasteiger partial charge in [0.2, 0.25) is 0 Å². The molecule has 1 atom stereocenters. The lowest BCUT2D eigenvalue weighted by Crippen LogP contribution is -2.35. The Hall–Kier alpha value is -1.31. The number of ether oxygens (including phenoxy) is 1. The summed E-state index contributed by atoms with van der Waals surface area (Å²) < 4.78 is 5.78. The van der Waals surface area contributed by atoms with Crippen molar-refractivity contribution in [2.45, 2.75) is 40.2 Å². The van der Waals surface area contributed by atoms with E-state index in [0.717, 1.165) is 16.9 Å². The molecule has 0 saturated carbocycles. The van der Waals surface area contributed by atoms with Crippen LogP contribution in [0.2, 0.25) is 0 Å². The van der Waals surface area contributed by atoms with Gasteiger partial charge in [0, 0.05) is 11.8 Å². The third-order valence-electron chi connectivity index (χ3n) is 2.99. The molecule has 2 heteroatoms. The van der Waals surface area contributed by atoms with Gasteiger partial charge in [0.25, 0.3) is 0 Å². The van der Waals surface area contributed by atoms with Crippen LogP contribution in [0.5, 0.6) is 5.75 Å². The van der Waals surface area contributed by atoms with Crippen LogP contribution in [0.1, 0.15) is 31.9 Å². The van der Waals surface area contributed by atoms with Crippen molar-refractivity contribution < 1.29 is 9.53 Å². The fraction of sp³-hybridized carbons (Fsp3) is 0.500. The zero-order valence-corrected chi connectivity index (χ0v) is 10.3. The second kappa shape index (κ2) is 3.62. The molecule has 0 aromatic heterocycles. The normalized spacial score (nSPS) is 19.1. The molecule has 0 amide bonds. The van der Waals surface area contributed by atoms with Crippen LogP contribution >= 0.6 is 0 Å². The Labute approximate surface area is 96.6 Å². The first kappa shape index (κ1) is 11.2. The zero-order valence-electron chi connectivity index (χ0n) is 10.3. The Balaban J connectivity index is 2.24. The molecule has 0 N–H and O–H groups in total. The van der Waals surface area contributed by atoms with E-state index in [9.17, 15) is 4.79 Å². The van der Waals surface area contributed by atoms with Crippen LogP contribution in [0.4, 0.5) is 0 Å². The van der Waals surface area contributed by atoms with E-state index in [0.29, 0.717) is 6.42 Å². The molecule has 1 aromatic carbocycles. The largest absolute Gasteiger partial charge is 0.482 e. The summed E-state index contributed by atoms with van der Waals surface area (Å²) in [6, 6.07) is 6.07. The second-order valence-corrected chi connectivity index (χ2v) is 5.49. The van der Waals surface area contributed by atoms with E-state index in [1.807, 2.05) is 45.9 Å². The molecule has 1 aromatic rings. The Morgan fingerprint density at radius 3 is 2.62 bits per heavy atom. The van der Waals surface area contributed by atoms with Gasteiger partial charge in [-0.1, -0.05) is 39.0 Å². The molecule has 1 heterocycles. The highest BCUT2D eigenvalue weighted by molar-refractivity contribution is 5.89. The van der Waals surface area contributed by atoms with Gasteiger partial charge in [0.1, 0.15) is 5.75 Å². The maximum absolute atomic E-state index is 12.1. The molecular weight excluding hydrogens is 200 g/mol. The lowest BCUT2D eigenvalue weighted by Gasteiger charge is -2.21. The van der Waals surface area contributed by atoms with Gasteiger partial charge in [-0.15, -0.1) is 0 Å². The number of aryl methyl sites for hydroxylation is 1. The van der Waals surface area contributed by atoms with Crippen LogP contribution in [-0.2, 0) is 11.2 Å². The summed E-state index contributed by atoms with van der Waals surface area (Å²) in [7, 11) is 0. The fourth-order valence-corrected chi connectivity index (χ4v) is 2.06. The van der Waals surface area contributed by atoms with Crippen molar-refractivity contribution in [1.29, 1.82) is 0 Å². The highest BCUT2D eigenvalue weighted by atomic mass is 16.5. The van der Waals surface area contributed by atoms with Crippen LogP contribution in [0.25, 0.3) is 0 Å². The molecule has 0 bridgehead atoms. The Bertz CT molecular complexity index is 427. The molecule has 16 heavy (non-hydrogen) atoms. The summed E-state index contributed by atoms with van der Waals surface area (Å²) in [6.45, 7) is 7.83. The molecular formula is C14H18O2. The van der Waals surface area contributed by atoms with E-state index in [2.05, 4.69) is 0 Å². The van der Waals surface area contributed by atoms with Gasteiger partial charge in [-0.2, -0.15) is 0 Å². The van der Waals surface area contributed by atoms with Crippen LogP contribution in [0.15, 0.2) is 18.2 Å². The van der Waals surface area contributed by atoms with Crippen molar-refractivity contribution >= 4 is 5.78 Å². The van der Waals surface area contributed by atoms with E-state index in [1.54, 1.807) is 0 Å². The Morgan fingerprint density at radius 1 is 1.38 bits per heavy atom. The minimum absolute atomic E-state index is 0.183. The topological polar surface area (TPSA) is 26.3 Å². The summed E-state index contributed by atoms with van der Waals surface area (Å²) >= 11 is 0. The first-order chi connectivity index (χ1) is 7.39. The van der Waals surface area contributed by atoms with Gasteiger partial charge >= 0.3 is 0 Å². The van der Waals surface area contributed by atoms with Crippen molar-refractivity contribution in [2.24, 2.45) is 5.41 Å². The highest BCUT2D eigenvalue weighted by Gasteiger charge is 2.36. The molecule has 1 aliphatic heterocycles.